The Bertz CT molecular complexity index is 878. The monoisotopic (exact) mass is 365 g/mol. The maximum absolute atomic E-state index is 12.2. The van der Waals surface area contributed by atoms with Crippen molar-refractivity contribution < 1.29 is 19.1 Å². The number of rotatable bonds is 5. The zero-order chi connectivity index (χ0) is 19.2. The highest BCUT2D eigenvalue weighted by molar-refractivity contribution is 6.07. The van der Waals surface area contributed by atoms with Gasteiger partial charge in [0, 0.05) is 5.57 Å². The van der Waals surface area contributed by atoms with Crippen LogP contribution in [0.15, 0.2) is 53.1 Å². The van der Waals surface area contributed by atoms with Crippen LogP contribution in [-0.2, 0) is 9.47 Å². The minimum absolute atomic E-state index is 0.136. The normalized spacial score (nSPS) is 16.4. The predicted octanol–water partition coefficient (Wildman–Crippen LogP) is 4.39. The molecule has 0 unspecified atom stereocenters. The van der Waals surface area contributed by atoms with Crippen molar-refractivity contribution in [1.29, 1.82) is 0 Å². The van der Waals surface area contributed by atoms with Crippen molar-refractivity contribution in [3.8, 4) is 0 Å². The van der Waals surface area contributed by atoms with Gasteiger partial charge in [-0.05, 0) is 48.8 Å². The van der Waals surface area contributed by atoms with E-state index in [1.54, 1.807) is 12.1 Å². The van der Waals surface area contributed by atoms with Crippen LogP contribution >= 0.6 is 0 Å². The molecule has 0 heterocycles. The molecule has 0 atom stereocenters. The SMILES string of the molecule is COC(=O)c1cccc(NC2=C=C=C(C3CCCCC3)C=C2)c1C(=O)OC. The summed E-state index contributed by atoms with van der Waals surface area (Å²) in [5.74, 6) is -0.652. The van der Waals surface area contributed by atoms with E-state index in [4.69, 9.17) is 9.47 Å². The van der Waals surface area contributed by atoms with E-state index in [2.05, 4.69) is 22.9 Å². The van der Waals surface area contributed by atoms with Gasteiger partial charge in [0.15, 0.2) is 0 Å². The Labute approximate surface area is 159 Å². The smallest absolute Gasteiger partial charge is 0.340 e. The first-order valence-electron chi connectivity index (χ1n) is 9.14. The minimum atomic E-state index is -0.610. The van der Waals surface area contributed by atoms with Crippen molar-refractivity contribution in [2.24, 2.45) is 5.92 Å². The summed E-state index contributed by atoms with van der Waals surface area (Å²) in [6, 6.07) is 4.92. The van der Waals surface area contributed by atoms with Crippen LogP contribution in [0.3, 0.4) is 0 Å². The summed E-state index contributed by atoms with van der Waals surface area (Å²) in [6.45, 7) is 0. The third-order valence-corrected chi connectivity index (χ3v) is 4.94. The Balaban J connectivity index is 1.93. The molecule has 0 bridgehead atoms. The average molecular weight is 365 g/mol. The second-order valence-electron chi connectivity index (χ2n) is 6.62. The van der Waals surface area contributed by atoms with Crippen molar-refractivity contribution in [3.63, 3.8) is 0 Å². The van der Waals surface area contributed by atoms with Crippen molar-refractivity contribution >= 4 is 17.6 Å². The van der Waals surface area contributed by atoms with Crippen LogP contribution < -0.4 is 5.32 Å². The van der Waals surface area contributed by atoms with E-state index in [0.29, 0.717) is 17.3 Å². The average Bonchev–Trinajstić information content (AvgIpc) is 2.73. The van der Waals surface area contributed by atoms with Gasteiger partial charge >= 0.3 is 11.9 Å². The van der Waals surface area contributed by atoms with E-state index in [0.717, 1.165) is 0 Å². The molecule has 5 nitrogen and oxygen atoms in total. The van der Waals surface area contributed by atoms with Gasteiger partial charge in [-0.1, -0.05) is 31.1 Å². The van der Waals surface area contributed by atoms with E-state index < -0.39 is 11.9 Å². The number of benzene rings is 1. The molecular formula is C22H23NO4. The maximum Gasteiger partial charge on any atom is 0.340 e. The lowest BCUT2D eigenvalue weighted by Crippen LogP contribution is -2.15. The Kier molecular flexibility index (Phi) is 5.97. The molecule has 1 N–H and O–H groups in total. The van der Waals surface area contributed by atoms with E-state index in [9.17, 15) is 9.59 Å². The first-order valence-corrected chi connectivity index (χ1v) is 9.14. The van der Waals surface area contributed by atoms with Gasteiger partial charge in [0.05, 0.1) is 36.7 Å². The predicted molar refractivity (Wildman–Crippen MR) is 103 cm³/mol. The molecule has 2 aliphatic rings. The van der Waals surface area contributed by atoms with Gasteiger partial charge < -0.3 is 14.8 Å². The van der Waals surface area contributed by atoms with E-state index in [-0.39, 0.29) is 11.1 Å². The van der Waals surface area contributed by atoms with Crippen LogP contribution in [0, 0.1) is 5.92 Å². The molecule has 1 saturated carbocycles. The van der Waals surface area contributed by atoms with E-state index in [1.165, 1.54) is 58.0 Å². The number of ether oxygens (including phenoxy) is 2. The molecule has 1 aromatic carbocycles. The van der Waals surface area contributed by atoms with Crippen LogP contribution in [-0.4, -0.2) is 26.2 Å². The second-order valence-corrected chi connectivity index (χ2v) is 6.62. The number of carbonyl (C=O) groups is 2. The second kappa shape index (κ2) is 8.59. The Morgan fingerprint density at radius 2 is 1.74 bits per heavy atom. The lowest BCUT2D eigenvalue weighted by molar-refractivity contribution is 0.0556. The van der Waals surface area contributed by atoms with Crippen LogP contribution in [0.4, 0.5) is 5.69 Å². The molecule has 0 saturated heterocycles. The first kappa shape index (κ1) is 18.8. The van der Waals surface area contributed by atoms with E-state index >= 15 is 0 Å². The highest BCUT2D eigenvalue weighted by atomic mass is 16.5. The molecule has 2 aliphatic carbocycles. The summed E-state index contributed by atoms with van der Waals surface area (Å²) in [7, 11) is 2.55. The Morgan fingerprint density at radius 3 is 2.37 bits per heavy atom. The number of anilines is 1. The molecule has 0 radical (unpaired) electrons. The number of allylic oxidation sites excluding steroid dienone is 3. The lowest BCUT2D eigenvalue weighted by atomic mass is 9.83. The molecule has 0 aromatic heterocycles. The topological polar surface area (TPSA) is 64.6 Å². The summed E-state index contributed by atoms with van der Waals surface area (Å²) in [6.07, 6.45) is 10.2. The summed E-state index contributed by atoms with van der Waals surface area (Å²) >= 11 is 0. The van der Waals surface area contributed by atoms with Crippen LogP contribution in [0.1, 0.15) is 52.8 Å². The number of nitrogens with one attached hydrogen (secondary N) is 1. The third-order valence-electron chi connectivity index (χ3n) is 4.94. The van der Waals surface area contributed by atoms with Crippen molar-refractivity contribution in [3.05, 3.63) is 64.2 Å². The fourth-order valence-electron chi connectivity index (χ4n) is 3.52. The molecule has 0 aliphatic heterocycles. The molecule has 1 aromatic rings. The van der Waals surface area contributed by atoms with Gasteiger partial charge in [-0.3, -0.25) is 0 Å². The number of hydrogen-bond acceptors (Lipinski definition) is 5. The number of esters is 2. The number of methoxy groups -OCH3 is 2. The maximum atomic E-state index is 12.2. The molecule has 27 heavy (non-hydrogen) atoms. The molecule has 1 fully saturated rings. The van der Waals surface area contributed by atoms with Crippen LogP contribution in [0.2, 0.25) is 0 Å². The zero-order valence-electron chi connectivity index (χ0n) is 15.6. The molecule has 0 spiro atoms. The highest BCUT2D eigenvalue weighted by Gasteiger charge is 2.23. The summed E-state index contributed by atoms with van der Waals surface area (Å²) in [5.41, 5.74) is 8.96. The fourth-order valence-corrected chi connectivity index (χ4v) is 3.52. The zero-order valence-corrected chi connectivity index (χ0v) is 15.6. The molecular weight excluding hydrogens is 342 g/mol. The summed E-state index contributed by atoms with van der Waals surface area (Å²) in [4.78, 5) is 24.2. The van der Waals surface area contributed by atoms with Gasteiger partial charge in [0.1, 0.15) is 0 Å². The van der Waals surface area contributed by atoms with Gasteiger partial charge in [-0.15, -0.1) is 0 Å². The van der Waals surface area contributed by atoms with E-state index in [1.807, 2.05) is 6.08 Å². The quantitative estimate of drug-likeness (QED) is 0.619. The third kappa shape index (κ3) is 4.22. The molecule has 5 heteroatoms. The Hall–Kier alpha value is -3.00. The number of carbonyl (C=O) groups excluding carboxylic acids is 2. The molecule has 3 rings (SSSR count). The van der Waals surface area contributed by atoms with Gasteiger partial charge in [-0.2, -0.15) is 0 Å². The minimum Gasteiger partial charge on any atom is -0.465 e. The highest BCUT2D eigenvalue weighted by Crippen LogP contribution is 2.31. The number of hydrogen-bond donors (Lipinski definition) is 1. The van der Waals surface area contributed by atoms with Crippen LogP contribution in [0.5, 0.6) is 0 Å². The molecule has 0 amide bonds. The van der Waals surface area contributed by atoms with Gasteiger partial charge in [0.25, 0.3) is 0 Å². The van der Waals surface area contributed by atoms with Gasteiger partial charge in [0.2, 0.25) is 0 Å². The molecule has 140 valence electrons. The standard InChI is InChI=1S/C22H23NO4/c1-26-21(24)18-9-6-10-19(20(18)22(25)27-2)23-17-13-11-16(12-14-17)15-7-4-3-5-8-15/h6,9-11,13,15,23H,3-5,7-8H2,1-2H3. The lowest BCUT2D eigenvalue weighted by Gasteiger charge is -2.22. The Morgan fingerprint density at radius 1 is 1.00 bits per heavy atom. The largest absolute Gasteiger partial charge is 0.465 e. The van der Waals surface area contributed by atoms with Gasteiger partial charge in [-0.25, -0.2) is 9.59 Å². The van der Waals surface area contributed by atoms with Crippen molar-refractivity contribution in [2.45, 2.75) is 32.1 Å². The first-order chi connectivity index (χ1) is 13.1. The van der Waals surface area contributed by atoms with Crippen molar-refractivity contribution in [2.75, 3.05) is 19.5 Å². The van der Waals surface area contributed by atoms with Crippen molar-refractivity contribution in [1.82, 2.24) is 0 Å². The summed E-state index contributed by atoms with van der Waals surface area (Å²) < 4.78 is 9.61. The summed E-state index contributed by atoms with van der Waals surface area (Å²) in [5, 5.41) is 3.14. The van der Waals surface area contributed by atoms with Crippen LogP contribution in [0.25, 0.3) is 0 Å². The fraction of sp³-hybridized carbons (Fsp3) is 0.364.